The molecule has 0 atom stereocenters. The number of halogens is 1. The average molecular weight is 549 g/mol. The number of benzene rings is 2. The van der Waals surface area contributed by atoms with Gasteiger partial charge in [0.2, 0.25) is 0 Å². The third-order valence-corrected chi connectivity index (χ3v) is 9.32. The number of aryl methyl sites for hydroxylation is 2. The molecule has 3 aromatic heterocycles. The smallest absolute Gasteiger partial charge is 0.165 e. The SMILES string of the molecule is CCc1c(C(=O)CCc2ccc3nc(N4CC5(CC(c6ccccc6)C5)C4)ccc3c2)c2cc(Cl)cnc2n1C. The molecule has 6 heteroatoms. The van der Waals surface area contributed by atoms with E-state index in [1.54, 1.807) is 6.20 Å². The minimum Gasteiger partial charge on any atom is -0.355 e. The van der Waals surface area contributed by atoms with E-state index < -0.39 is 0 Å². The van der Waals surface area contributed by atoms with Gasteiger partial charge in [-0.15, -0.1) is 0 Å². The molecular formula is C34H33ClN4O. The maximum absolute atomic E-state index is 13.4. The molecule has 40 heavy (non-hydrogen) atoms. The third kappa shape index (κ3) is 4.28. The van der Waals surface area contributed by atoms with Crippen LogP contribution in [-0.4, -0.2) is 33.4 Å². The van der Waals surface area contributed by atoms with Crippen LogP contribution in [0.3, 0.4) is 0 Å². The summed E-state index contributed by atoms with van der Waals surface area (Å²) in [5.41, 5.74) is 6.68. The molecular weight excluding hydrogens is 516 g/mol. The Morgan fingerprint density at radius 1 is 1.05 bits per heavy atom. The number of carbonyl (C=O) groups excluding carboxylic acids is 1. The normalized spacial score (nSPS) is 16.4. The number of hydrogen-bond acceptors (Lipinski definition) is 4. The standard InChI is InChI=1S/C34H33ClN4O/c1-3-29-32(27-16-26(35)19-36-33(27)38(29)2)30(40)13-10-22-9-12-28-24(15-22)11-14-31(37-28)39-20-34(21-39)17-25(18-34)23-7-5-4-6-8-23/h4-9,11-12,14-16,19,25H,3,10,13,17-18,20-21H2,1-2H3. The van der Waals surface area contributed by atoms with Gasteiger partial charge in [-0.3, -0.25) is 4.79 Å². The first kappa shape index (κ1) is 25.3. The van der Waals surface area contributed by atoms with Gasteiger partial charge in [0.25, 0.3) is 0 Å². The van der Waals surface area contributed by atoms with Crippen LogP contribution in [0.2, 0.25) is 5.02 Å². The van der Waals surface area contributed by atoms with E-state index in [0.29, 0.717) is 29.2 Å². The van der Waals surface area contributed by atoms with E-state index in [4.69, 9.17) is 16.6 Å². The molecule has 1 saturated heterocycles. The van der Waals surface area contributed by atoms with E-state index >= 15 is 0 Å². The number of nitrogens with zero attached hydrogens (tertiary/aromatic N) is 4. The summed E-state index contributed by atoms with van der Waals surface area (Å²) in [4.78, 5) is 25.3. The molecule has 5 nitrogen and oxygen atoms in total. The number of hydrogen-bond donors (Lipinski definition) is 0. The van der Waals surface area contributed by atoms with Gasteiger partial charge in [0.1, 0.15) is 11.5 Å². The Morgan fingerprint density at radius 2 is 1.85 bits per heavy atom. The zero-order valence-corrected chi connectivity index (χ0v) is 23.8. The molecule has 1 aliphatic carbocycles. The van der Waals surface area contributed by atoms with Gasteiger partial charge in [-0.05, 0) is 73.1 Å². The van der Waals surface area contributed by atoms with Crippen molar-refractivity contribution in [3.63, 3.8) is 0 Å². The molecule has 1 aliphatic heterocycles. The molecule has 5 aromatic rings. The lowest BCUT2D eigenvalue weighted by Crippen LogP contribution is -2.62. The lowest BCUT2D eigenvalue weighted by Gasteiger charge is -2.59. The second kappa shape index (κ2) is 9.74. The molecule has 1 saturated carbocycles. The van der Waals surface area contributed by atoms with Gasteiger partial charge in [-0.2, -0.15) is 0 Å². The highest BCUT2D eigenvalue weighted by Gasteiger charge is 2.52. The second-order valence-electron chi connectivity index (χ2n) is 11.8. The molecule has 2 aromatic carbocycles. The minimum atomic E-state index is 0.136. The van der Waals surface area contributed by atoms with Crippen molar-refractivity contribution in [2.75, 3.05) is 18.0 Å². The number of carbonyl (C=O) groups is 1. The lowest BCUT2D eigenvalue weighted by molar-refractivity contribution is 0.0628. The summed E-state index contributed by atoms with van der Waals surface area (Å²) in [6, 6.07) is 23.5. The van der Waals surface area contributed by atoms with Gasteiger partial charge in [0, 0.05) is 60.2 Å². The maximum atomic E-state index is 13.4. The van der Waals surface area contributed by atoms with Crippen molar-refractivity contribution in [2.24, 2.45) is 12.5 Å². The van der Waals surface area contributed by atoms with Crippen LogP contribution in [0.1, 0.15) is 59.3 Å². The van der Waals surface area contributed by atoms with Crippen molar-refractivity contribution in [2.45, 2.75) is 44.9 Å². The Morgan fingerprint density at radius 3 is 2.62 bits per heavy atom. The van der Waals surface area contributed by atoms with Gasteiger partial charge in [0.15, 0.2) is 5.78 Å². The van der Waals surface area contributed by atoms with E-state index in [2.05, 4.69) is 77.5 Å². The average Bonchev–Trinajstić information content (AvgIpc) is 3.21. The highest BCUT2D eigenvalue weighted by atomic mass is 35.5. The summed E-state index contributed by atoms with van der Waals surface area (Å²) in [5, 5.41) is 2.51. The van der Waals surface area contributed by atoms with Gasteiger partial charge in [-0.1, -0.05) is 54.9 Å². The molecule has 0 radical (unpaired) electrons. The number of rotatable bonds is 7. The monoisotopic (exact) mass is 548 g/mol. The summed E-state index contributed by atoms with van der Waals surface area (Å²) < 4.78 is 2.02. The van der Waals surface area contributed by atoms with Crippen LogP contribution in [0, 0.1) is 5.41 Å². The fourth-order valence-electron chi connectivity index (χ4n) is 7.07. The van der Waals surface area contributed by atoms with Crippen LogP contribution < -0.4 is 4.90 Å². The number of aromatic nitrogens is 3. The lowest BCUT2D eigenvalue weighted by atomic mass is 9.56. The van der Waals surface area contributed by atoms with Crippen molar-refractivity contribution >= 4 is 45.1 Å². The van der Waals surface area contributed by atoms with Crippen LogP contribution in [-0.2, 0) is 19.9 Å². The zero-order valence-electron chi connectivity index (χ0n) is 23.0. The summed E-state index contributed by atoms with van der Waals surface area (Å²) in [5.74, 6) is 1.92. The van der Waals surface area contributed by atoms with Crippen molar-refractivity contribution in [3.05, 3.63) is 100 Å². The van der Waals surface area contributed by atoms with E-state index in [0.717, 1.165) is 64.1 Å². The van der Waals surface area contributed by atoms with Gasteiger partial charge >= 0.3 is 0 Å². The van der Waals surface area contributed by atoms with Crippen LogP contribution >= 0.6 is 11.6 Å². The van der Waals surface area contributed by atoms with E-state index in [1.165, 1.54) is 18.4 Å². The number of fused-ring (bicyclic) bond motifs is 2. The molecule has 4 heterocycles. The minimum absolute atomic E-state index is 0.136. The predicted molar refractivity (Wildman–Crippen MR) is 163 cm³/mol. The highest BCUT2D eigenvalue weighted by molar-refractivity contribution is 6.31. The Hall–Kier alpha value is -3.70. The first-order chi connectivity index (χ1) is 19.4. The fourth-order valence-corrected chi connectivity index (χ4v) is 7.23. The van der Waals surface area contributed by atoms with Crippen molar-refractivity contribution < 1.29 is 4.79 Å². The highest BCUT2D eigenvalue weighted by Crippen LogP contribution is 2.56. The molecule has 0 N–H and O–H groups in total. The summed E-state index contributed by atoms with van der Waals surface area (Å²) in [6.45, 7) is 4.28. The van der Waals surface area contributed by atoms with Gasteiger partial charge in [0.05, 0.1) is 10.5 Å². The number of anilines is 1. The first-order valence-corrected chi connectivity index (χ1v) is 14.7. The van der Waals surface area contributed by atoms with Crippen molar-refractivity contribution in [3.8, 4) is 0 Å². The van der Waals surface area contributed by atoms with Crippen LogP contribution in [0.5, 0.6) is 0 Å². The van der Waals surface area contributed by atoms with E-state index in [-0.39, 0.29) is 5.78 Å². The Kier molecular flexibility index (Phi) is 6.16. The van der Waals surface area contributed by atoms with Crippen molar-refractivity contribution in [1.29, 1.82) is 0 Å². The Balaban J connectivity index is 1.02. The van der Waals surface area contributed by atoms with Gasteiger partial charge < -0.3 is 9.47 Å². The largest absolute Gasteiger partial charge is 0.355 e. The van der Waals surface area contributed by atoms with Crippen LogP contribution in [0.4, 0.5) is 5.82 Å². The quantitative estimate of drug-likeness (QED) is 0.197. The molecule has 1 spiro atoms. The van der Waals surface area contributed by atoms with Gasteiger partial charge in [-0.25, -0.2) is 9.97 Å². The van der Waals surface area contributed by atoms with E-state index in [9.17, 15) is 4.79 Å². The molecule has 2 aliphatic rings. The number of Topliss-reactive ketones (excluding diaryl/α,β-unsaturated/α-hetero) is 1. The molecule has 0 unspecified atom stereocenters. The zero-order chi connectivity index (χ0) is 27.4. The molecule has 0 amide bonds. The number of ketones is 1. The van der Waals surface area contributed by atoms with E-state index in [1.807, 2.05) is 17.7 Å². The topological polar surface area (TPSA) is 51.0 Å². The molecule has 0 bridgehead atoms. The van der Waals surface area contributed by atoms with Crippen LogP contribution in [0.15, 0.2) is 72.9 Å². The number of pyridine rings is 2. The summed E-state index contributed by atoms with van der Waals surface area (Å²) in [6.07, 6.45) is 6.09. The second-order valence-corrected chi connectivity index (χ2v) is 12.2. The maximum Gasteiger partial charge on any atom is 0.165 e. The molecule has 7 rings (SSSR count). The Labute approximate surface area is 239 Å². The predicted octanol–water partition coefficient (Wildman–Crippen LogP) is 7.54. The molecule has 2 fully saturated rings. The fraction of sp³-hybridized carbons (Fsp3) is 0.324. The summed E-state index contributed by atoms with van der Waals surface area (Å²) in [7, 11) is 1.97. The van der Waals surface area contributed by atoms with Crippen LogP contribution in [0.25, 0.3) is 21.9 Å². The third-order valence-electron chi connectivity index (χ3n) is 9.11. The summed E-state index contributed by atoms with van der Waals surface area (Å²) >= 11 is 6.23. The van der Waals surface area contributed by atoms with Crippen molar-refractivity contribution in [1.82, 2.24) is 14.5 Å². The Bertz CT molecular complexity index is 1740. The first-order valence-electron chi connectivity index (χ1n) is 14.3. The molecule has 202 valence electrons.